The number of ether oxygens (including phenoxy) is 1. The topological polar surface area (TPSA) is 78.5 Å². The Morgan fingerprint density at radius 3 is 2.69 bits per heavy atom. The largest absolute Gasteiger partial charge is 0.455 e. The minimum Gasteiger partial charge on any atom is -0.455 e. The molecule has 1 aromatic carbocycles. The third-order valence-corrected chi connectivity index (χ3v) is 6.12. The molecule has 7 nitrogen and oxygen atoms in total. The fourth-order valence-corrected chi connectivity index (χ4v) is 4.52. The summed E-state index contributed by atoms with van der Waals surface area (Å²) in [5, 5.41) is 5.32. The molecule has 0 saturated heterocycles. The number of carbonyl (C=O) groups excluding carboxylic acids is 1. The predicted molar refractivity (Wildman–Crippen MR) is 119 cm³/mol. The third kappa shape index (κ3) is 3.56. The minimum atomic E-state index is -0.512. The number of thiophene rings is 1. The zero-order valence-electron chi connectivity index (χ0n) is 17.2. The van der Waals surface area contributed by atoms with Crippen LogP contribution in [0.3, 0.4) is 0 Å². The molecule has 0 atom stereocenters. The van der Waals surface area contributed by atoms with Crippen molar-refractivity contribution in [2.45, 2.75) is 20.5 Å². The number of aryl methyl sites for hydroxylation is 2. The first-order valence-corrected chi connectivity index (χ1v) is 10.6. The van der Waals surface area contributed by atoms with Crippen LogP contribution in [0.25, 0.3) is 21.6 Å². The van der Waals surface area contributed by atoms with Gasteiger partial charge in [-0.2, -0.15) is 5.10 Å². The summed E-state index contributed by atoms with van der Waals surface area (Å²) in [5.74, 6) is -0.844. The summed E-state index contributed by atoms with van der Waals surface area (Å²) in [5.41, 5.74) is 3.02. The van der Waals surface area contributed by atoms with Gasteiger partial charge in [-0.1, -0.05) is 6.07 Å². The lowest BCUT2D eigenvalue weighted by atomic mass is 10.3. The molecule has 160 valence electrons. The lowest BCUT2D eigenvalue weighted by Crippen LogP contribution is -2.16. The van der Waals surface area contributed by atoms with E-state index in [0.717, 1.165) is 21.5 Å². The van der Waals surface area contributed by atoms with E-state index in [1.807, 2.05) is 19.9 Å². The normalized spacial score (nSPS) is 11.3. The number of esters is 1. The second kappa shape index (κ2) is 7.69. The van der Waals surface area contributed by atoms with E-state index >= 15 is 0 Å². The summed E-state index contributed by atoms with van der Waals surface area (Å²) in [7, 11) is 0. The smallest absolute Gasteiger partial charge is 0.348 e. The first-order valence-electron chi connectivity index (χ1n) is 9.80. The predicted octanol–water partition coefficient (Wildman–Crippen LogP) is 4.21. The monoisotopic (exact) mass is 448 g/mol. The number of benzene rings is 1. The van der Waals surface area contributed by atoms with Gasteiger partial charge in [-0.25, -0.2) is 18.9 Å². The number of halogens is 1. The van der Waals surface area contributed by atoms with Crippen molar-refractivity contribution in [3.05, 3.63) is 92.7 Å². The van der Waals surface area contributed by atoms with Gasteiger partial charge < -0.3 is 4.74 Å². The standard InChI is InChI=1S/C23H17FN4O3S/c1-13-3-8-20-25-16(9-21(29)27(20)11-13)12-31-23(30)19-10-18-14(2)26-28(22(18)32-19)17-6-4-15(24)5-7-17/h3-11H,12H2,1-2H3. The molecule has 0 radical (unpaired) electrons. The Morgan fingerprint density at radius 2 is 1.91 bits per heavy atom. The van der Waals surface area contributed by atoms with Crippen molar-refractivity contribution in [2.75, 3.05) is 0 Å². The van der Waals surface area contributed by atoms with Gasteiger partial charge in [0.25, 0.3) is 5.56 Å². The Morgan fingerprint density at radius 1 is 1.12 bits per heavy atom. The second-order valence-electron chi connectivity index (χ2n) is 7.40. The highest BCUT2D eigenvalue weighted by Gasteiger charge is 2.18. The van der Waals surface area contributed by atoms with Gasteiger partial charge in [0, 0.05) is 17.6 Å². The van der Waals surface area contributed by atoms with Crippen molar-refractivity contribution in [3.8, 4) is 5.69 Å². The van der Waals surface area contributed by atoms with Crippen LogP contribution in [0, 0.1) is 19.7 Å². The van der Waals surface area contributed by atoms with Gasteiger partial charge >= 0.3 is 5.97 Å². The minimum absolute atomic E-state index is 0.115. The molecule has 5 aromatic rings. The number of pyridine rings is 1. The molecule has 0 aliphatic rings. The number of hydrogen-bond donors (Lipinski definition) is 0. The number of nitrogens with zero attached hydrogens (tertiary/aromatic N) is 4. The highest BCUT2D eigenvalue weighted by atomic mass is 32.1. The second-order valence-corrected chi connectivity index (χ2v) is 8.43. The number of aromatic nitrogens is 4. The zero-order valence-corrected chi connectivity index (χ0v) is 18.0. The van der Waals surface area contributed by atoms with Crippen LogP contribution in [0.4, 0.5) is 4.39 Å². The van der Waals surface area contributed by atoms with E-state index in [9.17, 15) is 14.0 Å². The van der Waals surface area contributed by atoms with Crippen LogP contribution in [0.1, 0.15) is 26.6 Å². The van der Waals surface area contributed by atoms with E-state index in [1.165, 1.54) is 33.9 Å². The summed E-state index contributed by atoms with van der Waals surface area (Å²) in [6.07, 6.45) is 1.71. The molecule has 0 saturated carbocycles. The molecule has 0 unspecified atom stereocenters. The lowest BCUT2D eigenvalue weighted by molar-refractivity contribution is 0.0473. The van der Waals surface area contributed by atoms with Gasteiger partial charge in [-0.3, -0.25) is 9.20 Å². The van der Waals surface area contributed by atoms with Gasteiger partial charge in [0.05, 0.1) is 17.1 Å². The van der Waals surface area contributed by atoms with Crippen LogP contribution in [-0.2, 0) is 11.3 Å². The van der Waals surface area contributed by atoms with Crippen molar-refractivity contribution >= 4 is 33.2 Å². The Bertz CT molecular complexity index is 1550. The molecule has 0 spiro atoms. The van der Waals surface area contributed by atoms with Crippen LogP contribution in [0.5, 0.6) is 0 Å². The molecule has 0 aliphatic heterocycles. The van der Waals surface area contributed by atoms with Gasteiger partial charge in [0.15, 0.2) is 0 Å². The van der Waals surface area contributed by atoms with E-state index in [2.05, 4.69) is 10.1 Å². The fourth-order valence-electron chi connectivity index (χ4n) is 3.45. The van der Waals surface area contributed by atoms with Crippen molar-refractivity contribution in [1.29, 1.82) is 0 Å². The number of carbonyl (C=O) groups is 1. The van der Waals surface area contributed by atoms with E-state index in [1.54, 1.807) is 35.1 Å². The Hall–Kier alpha value is -3.85. The molecule has 0 fully saturated rings. The number of hydrogen-bond acceptors (Lipinski definition) is 6. The van der Waals surface area contributed by atoms with Crippen molar-refractivity contribution in [2.24, 2.45) is 0 Å². The highest BCUT2D eigenvalue weighted by Crippen LogP contribution is 2.31. The van der Waals surface area contributed by atoms with Crippen molar-refractivity contribution < 1.29 is 13.9 Å². The molecule has 9 heteroatoms. The molecule has 4 aromatic heterocycles. The molecular weight excluding hydrogens is 431 g/mol. The summed E-state index contributed by atoms with van der Waals surface area (Å²) in [4.78, 5) is 30.6. The van der Waals surface area contributed by atoms with Crippen LogP contribution < -0.4 is 5.56 Å². The van der Waals surface area contributed by atoms with Crippen LogP contribution >= 0.6 is 11.3 Å². The molecule has 0 bridgehead atoms. The summed E-state index contributed by atoms with van der Waals surface area (Å²) < 4.78 is 21.8. The lowest BCUT2D eigenvalue weighted by Gasteiger charge is -2.06. The zero-order chi connectivity index (χ0) is 22.4. The molecule has 0 aliphatic carbocycles. The SMILES string of the molecule is Cc1ccc2nc(COC(=O)c3cc4c(C)nn(-c5ccc(F)cc5)c4s3)cc(=O)n2c1. The quantitative estimate of drug-likeness (QED) is 0.385. The first kappa shape index (κ1) is 20.1. The highest BCUT2D eigenvalue weighted by molar-refractivity contribution is 7.20. The average Bonchev–Trinajstić information content (AvgIpc) is 3.34. The Balaban J connectivity index is 1.40. The average molecular weight is 448 g/mol. The Kier molecular flexibility index (Phi) is 4.82. The van der Waals surface area contributed by atoms with Crippen LogP contribution in [-0.4, -0.2) is 25.1 Å². The molecule has 0 amide bonds. The molecular formula is C23H17FN4O3S. The number of rotatable bonds is 4. The van der Waals surface area contributed by atoms with Gasteiger partial charge in [0.1, 0.15) is 27.8 Å². The van der Waals surface area contributed by atoms with Crippen molar-refractivity contribution in [3.63, 3.8) is 0 Å². The van der Waals surface area contributed by atoms with Crippen LogP contribution in [0.2, 0.25) is 0 Å². The summed E-state index contributed by atoms with van der Waals surface area (Å²) in [6.45, 7) is 3.62. The van der Waals surface area contributed by atoms with Gasteiger partial charge in [-0.15, -0.1) is 11.3 Å². The molecule has 0 N–H and O–H groups in total. The van der Waals surface area contributed by atoms with Crippen LogP contribution in [0.15, 0.2) is 59.5 Å². The third-order valence-electron chi connectivity index (χ3n) is 5.03. The molecule has 4 heterocycles. The maximum atomic E-state index is 13.3. The molecule has 32 heavy (non-hydrogen) atoms. The maximum Gasteiger partial charge on any atom is 0.348 e. The Labute approximate surface area is 185 Å². The summed E-state index contributed by atoms with van der Waals surface area (Å²) >= 11 is 1.24. The summed E-state index contributed by atoms with van der Waals surface area (Å²) in [6, 6.07) is 12.7. The van der Waals surface area contributed by atoms with Gasteiger partial charge in [0.2, 0.25) is 0 Å². The number of fused-ring (bicyclic) bond motifs is 2. The van der Waals surface area contributed by atoms with E-state index < -0.39 is 5.97 Å². The molecule has 5 rings (SSSR count). The van der Waals surface area contributed by atoms with E-state index in [4.69, 9.17) is 4.74 Å². The maximum absolute atomic E-state index is 13.3. The van der Waals surface area contributed by atoms with E-state index in [-0.39, 0.29) is 18.0 Å². The van der Waals surface area contributed by atoms with E-state index in [0.29, 0.717) is 21.9 Å². The fraction of sp³-hybridized carbons (Fsp3) is 0.130. The van der Waals surface area contributed by atoms with Gasteiger partial charge in [-0.05, 0) is 55.8 Å². The van der Waals surface area contributed by atoms with Crippen molar-refractivity contribution in [1.82, 2.24) is 19.2 Å². The first-order chi connectivity index (χ1) is 15.4.